The molecule has 0 rings (SSSR count). The molecular weight excluding hydrogens is 160 g/mol. The molecule has 13 heavy (non-hydrogen) atoms. The molecule has 0 aliphatic rings. The third-order valence-electron chi connectivity index (χ3n) is 2.23. The third kappa shape index (κ3) is 6.64. The van der Waals surface area contributed by atoms with Crippen molar-refractivity contribution in [1.82, 2.24) is 10.9 Å². The van der Waals surface area contributed by atoms with Crippen LogP contribution in [0.1, 0.15) is 47.0 Å². The van der Waals surface area contributed by atoms with Crippen molar-refractivity contribution in [2.75, 3.05) is 6.54 Å². The highest BCUT2D eigenvalue weighted by Crippen LogP contribution is 1.98. The van der Waals surface area contributed by atoms with E-state index in [0.29, 0.717) is 0 Å². The monoisotopic (exact) mass is 184 g/mol. The van der Waals surface area contributed by atoms with Gasteiger partial charge >= 0.3 is 0 Å². The van der Waals surface area contributed by atoms with E-state index in [1.54, 1.807) is 0 Å². The Labute approximate surface area is 82.8 Å². The highest BCUT2D eigenvalue weighted by Gasteiger charge is 1.97. The summed E-state index contributed by atoms with van der Waals surface area (Å²) in [5.41, 5.74) is 7.80. The average molecular weight is 184 g/mol. The molecule has 0 fully saturated rings. The molecule has 0 aromatic heterocycles. The van der Waals surface area contributed by atoms with Crippen LogP contribution in [-0.2, 0) is 0 Å². The number of allylic oxidation sites excluding steroid dienone is 2. The van der Waals surface area contributed by atoms with Gasteiger partial charge in [0.2, 0.25) is 0 Å². The van der Waals surface area contributed by atoms with Crippen molar-refractivity contribution in [3.63, 3.8) is 0 Å². The first-order valence-electron chi connectivity index (χ1n) is 5.42. The molecule has 2 nitrogen and oxygen atoms in total. The van der Waals surface area contributed by atoms with Crippen molar-refractivity contribution in [3.05, 3.63) is 11.8 Å². The molecule has 0 radical (unpaired) electrons. The maximum Gasteiger partial charge on any atom is 0.0219 e. The average Bonchev–Trinajstić information content (AvgIpc) is 2.16. The molecule has 0 aliphatic carbocycles. The van der Waals surface area contributed by atoms with Gasteiger partial charge in [0.15, 0.2) is 0 Å². The molecule has 1 unspecified atom stereocenters. The van der Waals surface area contributed by atoms with Crippen LogP contribution < -0.4 is 10.9 Å². The zero-order valence-electron chi connectivity index (χ0n) is 9.48. The van der Waals surface area contributed by atoms with Crippen LogP contribution in [0.3, 0.4) is 0 Å². The molecule has 0 aliphatic heterocycles. The maximum atomic E-state index is 3.25. The summed E-state index contributed by atoms with van der Waals surface area (Å²) in [7, 11) is 0. The van der Waals surface area contributed by atoms with Gasteiger partial charge in [0, 0.05) is 12.2 Å². The van der Waals surface area contributed by atoms with Crippen molar-refractivity contribution in [2.45, 2.75) is 47.0 Å². The summed E-state index contributed by atoms with van der Waals surface area (Å²) in [6.07, 6.45) is 5.62. The molecule has 2 N–H and O–H groups in total. The molecule has 0 amide bonds. The summed E-state index contributed by atoms with van der Waals surface area (Å²) < 4.78 is 0. The Hall–Kier alpha value is -0.500. The van der Waals surface area contributed by atoms with E-state index in [4.69, 9.17) is 0 Å². The molecule has 0 saturated heterocycles. The second kappa shape index (κ2) is 8.11. The summed E-state index contributed by atoms with van der Waals surface area (Å²) in [5, 5.41) is 0. The molecular formula is C11H24N2. The zero-order chi connectivity index (χ0) is 10.1. The minimum absolute atomic E-state index is 0.743. The number of rotatable bonds is 7. The first kappa shape index (κ1) is 12.5. The fourth-order valence-corrected chi connectivity index (χ4v) is 1.01. The van der Waals surface area contributed by atoms with Gasteiger partial charge in [0.25, 0.3) is 0 Å². The summed E-state index contributed by atoms with van der Waals surface area (Å²) >= 11 is 0. The molecule has 0 bridgehead atoms. The summed E-state index contributed by atoms with van der Waals surface area (Å²) in [4.78, 5) is 0. The Morgan fingerprint density at radius 2 is 2.00 bits per heavy atom. The van der Waals surface area contributed by atoms with Crippen LogP contribution >= 0.6 is 0 Å². The fraction of sp³-hybridized carbons (Fsp3) is 0.818. The number of hydrogen-bond acceptors (Lipinski definition) is 2. The van der Waals surface area contributed by atoms with Gasteiger partial charge in [-0.3, -0.25) is 0 Å². The molecule has 2 heteroatoms. The Morgan fingerprint density at radius 3 is 2.46 bits per heavy atom. The molecule has 0 spiro atoms. The summed E-state index contributed by atoms with van der Waals surface area (Å²) in [6.45, 7) is 9.84. The van der Waals surface area contributed by atoms with Gasteiger partial charge < -0.3 is 5.43 Å². The number of hydrazine groups is 1. The minimum atomic E-state index is 0.743. The smallest absolute Gasteiger partial charge is 0.0219 e. The molecule has 0 heterocycles. The Bertz CT molecular complexity index is 141. The van der Waals surface area contributed by atoms with Crippen LogP contribution in [-0.4, -0.2) is 6.54 Å². The van der Waals surface area contributed by atoms with Crippen molar-refractivity contribution >= 4 is 0 Å². The minimum Gasteiger partial charge on any atom is -0.326 e. The van der Waals surface area contributed by atoms with Crippen molar-refractivity contribution in [2.24, 2.45) is 5.92 Å². The van der Waals surface area contributed by atoms with Gasteiger partial charge in [0.05, 0.1) is 0 Å². The van der Waals surface area contributed by atoms with Gasteiger partial charge in [-0.2, -0.15) is 0 Å². The van der Waals surface area contributed by atoms with E-state index in [9.17, 15) is 0 Å². The Balaban J connectivity index is 3.55. The Kier molecular flexibility index (Phi) is 7.80. The van der Waals surface area contributed by atoms with Crippen molar-refractivity contribution in [1.29, 1.82) is 0 Å². The highest BCUT2D eigenvalue weighted by molar-refractivity contribution is 4.96. The van der Waals surface area contributed by atoms with Crippen molar-refractivity contribution in [3.8, 4) is 0 Å². The van der Waals surface area contributed by atoms with E-state index in [1.165, 1.54) is 12.1 Å². The predicted molar refractivity (Wildman–Crippen MR) is 59.3 cm³/mol. The van der Waals surface area contributed by atoms with Crippen LogP contribution in [0.2, 0.25) is 0 Å². The first-order valence-corrected chi connectivity index (χ1v) is 5.42. The van der Waals surface area contributed by atoms with Crippen LogP contribution in [0, 0.1) is 5.92 Å². The first-order chi connectivity index (χ1) is 6.24. The third-order valence-corrected chi connectivity index (χ3v) is 2.23. The highest BCUT2D eigenvalue weighted by atomic mass is 15.4. The zero-order valence-corrected chi connectivity index (χ0v) is 9.48. The van der Waals surface area contributed by atoms with Gasteiger partial charge in [-0.05, 0) is 18.8 Å². The normalized spacial score (nSPS) is 14.3. The van der Waals surface area contributed by atoms with Crippen molar-refractivity contribution < 1.29 is 0 Å². The van der Waals surface area contributed by atoms with Crippen LogP contribution in [0.5, 0.6) is 0 Å². The van der Waals surface area contributed by atoms with E-state index < -0.39 is 0 Å². The second-order valence-electron chi connectivity index (χ2n) is 3.51. The lowest BCUT2D eigenvalue weighted by atomic mass is 10.1. The lowest BCUT2D eigenvalue weighted by molar-refractivity contribution is 0.463. The topological polar surface area (TPSA) is 24.1 Å². The lowest BCUT2D eigenvalue weighted by Crippen LogP contribution is -2.34. The molecule has 1 atom stereocenters. The predicted octanol–water partition coefficient (Wildman–Crippen LogP) is 2.83. The van der Waals surface area contributed by atoms with Crippen LogP contribution in [0.15, 0.2) is 11.8 Å². The van der Waals surface area contributed by atoms with Crippen LogP contribution in [0.25, 0.3) is 0 Å². The van der Waals surface area contributed by atoms with Gasteiger partial charge in [-0.15, -0.1) is 0 Å². The second-order valence-corrected chi connectivity index (χ2v) is 3.51. The molecule has 0 saturated carbocycles. The fourth-order valence-electron chi connectivity index (χ4n) is 1.01. The largest absolute Gasteiger partial charge is 0.326 e. The summed E-state index contributed by atoms with van der Waals surface area (Å²) in [6, 6.07) is 0. The molecule has 0 aromatic carbocycles. The van der Waals surface area contributed by atoms with Gasteiger partial charge in [-0.1, -0.05) is 40.2 Å². The van der Waals surface area contributed by atoms with E-state index in [2.05, 4.69) is 44.6 Å². The standard InChI is InChI=1S/C11H24N2/c1-5-8-11(7-3)13-12-9-10(4)6-2/h8,10,12-13H,5-7,9H2,1-4H3/b11-8+. The maximum absolute atomic E-state index is 3.25. The Morgan fingerprint density at radius 1 is 1.31 bits per heavy atom. The number of hydrogen-bond donors (Lipinski definition) is 2. The van der Waals surface area contributed by atoms with Gasteiger partial charge in [0.1, 0.15) is 0 Å². The van der Waals surface area contributed by atoms with E-state index in [-0.39, 0.29) is 0 Å². The number of nitrogens with one attached hydrogen (secondary N) is 2. The molecule has 78 valence electrons. The van der Waals surface area contributed by atoms with E-state index in [0.717, 1.165) is 25.3 Å². The quantitative estimate of drug-likeness (QED) is 0.595. The van der Waals surface area contributed by atoms with Gasteiger partial charge in [-0.25, -0.2) is 5.43 Å². The van der Waals surface area contributed by atoms with E-state index >= 15 is 0 Å². The molecule has 0 aromatic rings. The lowest BCUT2D eigenvalue weighted by Gasteiger charge is -2.13. The van der Waals surface area contributed by atoms with Crippen LogP contribution in [0.4, 0.5) is 0 Å². The SMILES string of the molecule is CC/C=C(\CC)NNCC(C)CC. The van der Waals surface area contributed by atoms with E-state index in [1.807, 2.05) is 0 Å². The summed E-state index contributed by atoms with van der Waals surface area (Å²) in [5.74, 6) is 0.743.